The maximum Gasteiger partial charge on any atom is 0.342 e. The molecule has 6 rings (SSSR count). The second-order valence-corrected chi connectivity index (χ2v) is 7.73. The van der Waals surface area contributed by atoms with Gasteiger partial charge < -0.3 is 14.5 Å². The van der Waals surface area contributed by atoms with Gasteiger partial charge >= 0.3 is 5.63 Å². The predicted octanol–water partition coefficient (Wildman–Crippen LogP) is 6.14. The van der Waals surface area contributed by atoms with Crippen LogP contribution in [-0.4, -0.2) is 7.11 Å². The molecule has 1 aliphatic heterocycles. The molecular weight excluding hydrogens is 386 g/mol. The second kappa shape index (κ2) is 6.74. The van der Waals surface area contributed by atoms with Gasteiger partial charge in [0.25, 0.3) is 0 Å². The molecule has 0 unspecified atom stereocenters. The lowest BCUT2D eigenvalue weighted by Gasteiger charge is -2.30. The maximum absolute atomic E-state index is 13.3. The highest BCUT2D eigenvalue weighted by atomic mass is 16.5. The van der Waals surface area contributed by atoms with E-state index < -0.39 is 0 Å². The molecule has 4 nitrogen and oxygen atoms in total. The SMILES string of the molecule is COc1ccc([C@@H]2Nc3ccc4ccccc4c3-c3c2c(=O)oc2ccccc32)cc1. The molecule has 4 aromatic carbocycles. The molecule has 0 aliphatic carbocycles. The minimum atomic E-state index is -0.324. The first kappa shape index (κ1) is 17.8. The summed E-state index contributed by atoms with van der Waals surface area (Å²) in [4.78, 5) is 13.3. The van der Waals surface area contributed by atoms with Crippen LogP contribution in [0.2, 0.25) is 0 Å². The zero-order chi connectivity index (χ0) is 20.9. The van der Waals surface area contributed by atoms with Crippen molar-refractivity contribution in [2.45, 2.75) is 6.04 Å². The summed E-state index contributed by atoms with van der Waals surface area (Å²) >= 11 is 0. The van der Waals surface area contributed by atoms with Crippen molar-refractivity contribution >= 4 is 27.4 Å². The van der Waals surface area contributed by atoms with Crippen LogP contribution in [0.25, 0.3) is 32.9 Å². The van der Waals surface area contributed by atoms with Crippen LogP contribution in [0, 0.1) is 0 Å². The van der Waals surface area contributed by atoms with Gasteiger partial charge in [0, 0.05) is 22.2 Å². The van der Waals surface area contributed by atoms with Crippen LogP contribution in [0.4, 0.5) is 5.69 Å². The van der Waals surface area contributed by atoms with E-state index in [4.69, 9.17) is 9.15 Å². The van der Waals surface area contributed by atoms with E-state index >= 15 is 0 Å². The largest absolute Gasteiger partial charge is 0.497 e. The van der Waals surface area contributed by atoms with Crippen molar-refractivity contribution in [2.75, 3.05) is 12.4 Å². The number of anilines is 1. The molecule has 1 N–H and O–H groups in total. The summed E-state index contributed by atoms with van der Waals surface area (Å²) in [6.07, 6.45) is 0. The number of fused-ring (bicyclic) bond motifs is 7. The van der Waals surface area contributed by atoms with Crippen molar-refractivity contribution in [1.29, 1.82) is 0 Å². The zero-order valence-electron chi connectivity index (χ0n) is 16.9. The van der Waals surface area contributed by atoms with Gasteiger partial charge in [-0.2, -0.15) is 0 Å². The van der Waals surface area contributed by atoms with Gasteiger partial charge in [0.05, 0.1) is 18.7 Å². The fraction of sp³-hybridized carbons (Fsp3) is 0.0741. The van der Waals surface area contributed by atoms with Crippen LogP contribution in [0.5, 0.6) is 5.75 Å². The van der Waals surface area contributed by atoms with E-state index in [9.17, 15) is 4.79 Å². The number of nitrogens with one attached hydrogen (secondary N) is 1. The smallest absolute Gasteiger partial charge is 0.342 e. The molecule has 0 spiro atoms. The molecule has 0 radical (unpaired) electrons. The number of hydrogen-bond acceptors (Lipinski definition) is 4. The van der Waals surface area contributed by atoms with Gasteiger partial charge in [-0.15, -0.1) is 0 Å². The van der Waals surface area contributed by atoms with Gasteiger partial charge in [-0.3, -0.25) is 0 Å². The molecule has 5 aromatic rings. The lowest BCUT2D eigenvalue weighted by molar-refractivity contribution is 0.414. The topological polar surface area (TPSA) is 51.5 Å². The molecule has 0 saturated carbocycles. The van der Waals surface area contributed by atoms with E-state index in [1.54, 1.807) is 7.11 Å². The summed E-state index contributed by atoms with van der Waals surface area (Å²) in [6.45, 7) is 0. The lowest BCUT2D eigenvalue weighted by Crippen LogP contribution is -2.25. The highest BCUT2D eigenvalue weighted by Gasteiger charge is 2.32. The van der Waals surface area contributed by atoms with E-state index in [0.29, 0.717) is 11.1 Å². The lowest BCUT2D eigenvalue weighted by atomic mass is 9.83. The molecule has 0 saturated heterocycles. The average Bonchev–Trinajstić information content (AvgIpc) is 2.83. The minimum absolute atomic E-state index is 0.319. The maximum atomic E-state index is 13.3. The van der Waals surface area contributed by atoms with Crippen molar-refractivity contribution < 1.29 is 9.15 Å². The molecule has 0 bridgehead atoms. The van der Waals surface area contributed by atoms with Crippen LogP contribution >= 0.6 is 0 Å². The fourth-order valence-corrected chi connectivity index (χ4v) is 4.63. The van der Waals surface area contributed by atoms with Gasteiger partial charge in [-0.1, -0.05) is 60.7 Å². The first-order valence-corrected chi connectivity index (χ1v) is 10.2. The van der Waals surface area contributed by atoms with Gasteiger partial charge in [0.1, 0.15) is 11.3 Å². The molecule has 1 aliphatic rings. The minimum Gasteiger partial charge on any atom is -0.497 e. The Kier molecular flexibility index (Phi) is 3.87. The highest BCUT2D eigenvalue weighted by Crippen LogP contribution is 2.47. The summed E-state index contributed by atoms with van der Waals surface area (Å²) < 4.78 is 11.1. The third-order valence-electron chi connectivity index (χ3n) is 6.06. The molecule has 0 amide bonds. The molecule has 0 fully saturated rings. The van der Waals surface area contributed by atoms with Crippen LogP contribution in [0.15, 0.2) is 94.1 Å². The molecule has 150 valence electrons. The Bertz CT molecular complexity index is 1520. The summed E-state index contributed by atoms with van der Waals surface area (Å²) in [5.74, 6) is 0.775. The number of para-hydroxylation sites is 1. The average molecular weight is 405 g/mol. The van der Waals surface area contributed by atoms with Crippen LogP contribution in [0.3, 0.4) is 0 Å². The van der Waals surface area contributed by atoms with Crippen LogP contribution in [-0.2, 0) is 0 Å². The number of methoxy groups -OCH3 is 1. The van der Waals surface area contributed by atoms with Gasteiger partial charge in [0.2, 0.25) is 0 Å². The monoisotopic (exact) mass is 405 g/mol. The fourth-order valence-electron chi connectivity index (χ4n) is 4.63. The van der Waals surface area contributed by atoms with Crippen molar-refractivity contribution in [2.24, 2.45) is 0 Å². The number of hydrogen-bond donors (Lipinski definition) is 1. The summed E-state index contributed by atoms with van der Waals surface area (Å²) in [5, 5.41) is 6.79. The summed E-state index contributed by atoms with van der Waals surface area (Å²) in [5.41, 5.74) is 4.88. The van der Waals surface area contributed by atoms with Gasteiger partial charge in [0.15, 0.2) is 0 Å². The van der Waals surface area contributed by atoms with Crippen molar-refractivity contribution in [3.05, 3.63) is 106 Å². The second-order valence-electron chi connectivity index (χ2n) is 7.73. The van der Waals surface area contributed by atoms with E-state index in [-0.39, 0.29) is 11.7 Å². The van der Waals surface area contributed by atoms with E-state index in [2.05, 4.69) is 29.6 Å². The van der Waals surface area contributed by atoms with Gasteiger partial charge in [-0.25, -0.2) is 4.79 Å². The Morgan fingerprint density at radius 3 is 2.35 bits per heavy atom. The first-order valence-electron chi connectivity index (χ1n) is 10.2. The molecule has 1 aromatic heterocycles. The van der Waals surface area contributed by atoms with Gasteiger partial charge in [-0.05, 0) is 40.6 Å². The third kappa shape index (κ3) is 2.65. The Morgan fingerprint density at radius 2 is 1.55 bits per heavy atom. The Morgan fingerprint density at radius 1 is 0.806 bits per heavy atom. The van der Waals surface area contributed by atoms with E-state index in [1.807, 2.05) is 60.7 Å². The molecular formula is C27H19NO3. The van der Waals surface area contributed by atoms with Crippen molar-refractivity contribution in [1.82, 2.24) is 0 Å². The number of rotatable bonds is 2. The third-order valence-corrected chi connectivity index (χ3v) is 6.06. The number of benzene rings is 4. The van der Waals surface area contributed by atoms with E-state index in [0.717, 1.165) is 44.3 Å². The van der Waals surface area contributed by atoms with Crippen LogP contribution < -0.4 is 15.7 Å². The Hall–Kier alpha value is -4.05. The van der Waals surface area contributed by atoms with Crippen LogP contribution in [0.1, 0.15) is 17.2 Å². The summed E-state index contributed by atoms with van der Waals surface area (Å²) in [6, 6.07) is 27.7. The van der Waals surface area contributed by atoms with Crippen molar-refractivity contribution in [3.8, 4) is 16.9 Å². The van der Waals surface area contributed by atoms with Crippen molar-refractivity contribution in [3.63, 3.8) is 0 Å². The quantitative estimate of drug-likeness (QED) is 0.359. The molecule has 4 heteroatoms. The summed E-state index contributed by atoms with van der Waals surface area (Å²) in [7, 11) is 1.64. The molecule has 31 heavy (non-hydrogen) atoms. The first-order chi connectivity index (χ1) is 15.2. The Labute approximate surface area is 178 Å². The highest BCUT2D eigenvalue weighted by molar-refractivity contribution is 6.11. The number of ether oxygens (including phenoxy) is 1. The molecule has 2 heterocycles. The Balaban J connectivity index is 1.73. The zero-order valence-corrected chi connectivity index (χ0v) is 16.9. The standard InChI is InChI=1S/C27H19NO3/c1-30-18-13-10-17(11-14-18)26-25-24(20-8-4-5-9-22(20)31-27(25)29)23-19-7-3-2-6-16(19)12-15-21(23)28-26/h2-15,26,28H,1H3/t26-/m0/s1. The molecule has 1 atom stereocenters. The normalized spacial score (nSPS) is 14.7. The van der Waals surface area contributed by atoms with E-state index in [1.165, 1.54) is 0 Å². The predicted molar refractivity (Wildman–Crippen MR) is 124 cm³/mol.